The maximum Gasteiger partial charge on any atom is 0.316 e. The average Bonchev–Trinajstić information content (AvgIpc) is 2.95. The Balaban J connectivity index is 2.12. The quantitative estimate of drug-likeness (QED) is 0.430. The van der Waals surface area contributed by atoms with Crippen LogP contribution < -0.4 is 5.56 Å². The molecule has 0 fully saturated rings. The molecule has 0 aliphatic rings. The van der Waals surface area contributed by atoms with Gasteiger partial charge in [0.15, 0.2) is 5.16 Å². The van der Waals surface area contributed by atoms with Crippen molar-refractivity contribution in [2.75, 3.05) is 12.4 Å². The second-order valence-corrected chi connectivity index (χ2v) is 6.26. The lowest BCUT2D eigenvalue weighted by molar-refractivity contribution is -0.139. The lowest BCUT2D eigenvalue weighted by atomic mass is 10.3. The van der Waals surface area contributed by atoms with E-state index >= 15 is 0 Å². The van der Waals surface area contributed by atoms with Crippen molar-refractivity contribution in [3.63, 3.8) is 0 Å². The molecule has 8 heteroatoms. The fourth-order valence-electron chi connectivity index (χ4n) is 2.42. The molecular formula is C17H16FN3O3S. The van der Waals surface area contributed by atoms with E-state index in [1.165, 1.54) is 28.8 Å². The van der Waals surface area contributed by atoms with Gasteiger partial charge in [-0.15, -0.1) is 0 Å². The third-order valence-corrected chi connectivity index (χ3v) is 4.38. The minimum atomic E-state index is -0.401. The van der Waals surface area contributed by atoms with E-state index in [4.69, 9.17) is 4.74 Å². The molecule has 130 valence electrons. The first-order valence-electron chi connectivity index (χ1n) is 7.66. The molecule has 0 aliphatic heterocycles. The summed E-state index contributed by atoms with van der Waals surface area (Å²) < 4.78 is 19.5. The van der Waals surface area contributed by atoms with E-state index in [1.807, 2.05) is 6.92 Å². The Hall–Kier alpha value is -2.61. The van der Waals surface area contributed by atoms with Crippen LogP contribution in [-0.4, -0.2) is 32.9 Å². The minimum absolute atomic E-state index is 0.0242. The minimum Gasteiger partial charge on any atom is -0.465 e. The standard InChI is InChI=1S/C17H16FN3O3S/c1-3-24-14(22)9-25-17-20-13-8-10(2)19-15(13)16(23)21(17)12-6-4-11(18)5-7-12/h4-8,19H,3,9H2,1-2H3. The molecule has 1 N–H and O–H groups in total. The molecule has 0 atom stereocenters. The van der Waals surface area contributed by atoms with E-state index in [-0.39, 0.29) is 17.9 Å². The molecule has 0 amide bonds. The summed E-state index contributed by atoms with van der Waals surface area (Å²) in [6.07, 6.45) is 0. The summed E-state index contributed by atoms with van der Waals surface area (Å²) >= 11 is 1.10. The number of thioether (sulfide) groups is 1. The van der Waals surface area contributed by atoms with Crippen LogP contribution in [0.15, 0.2) is 40.3 Å². The second kappa shape index (κ2) is 7.10. The number of benzene rings is 1. The number of hydrogen-bond donors (Lipinski definition) is 1. The fourth-order valence-corrected chi connectivity index (χ4v) is 3.23. The van der Waals surface area contributed by atoms with E-state index in [0.29, 0.717) is 21.9 Å². The van der Waals surface area contributed by atoms with Gasteiger partial charge < -0.3 is 9.72 Å². The summed E-state index contributed by atoms with van der Waals surface area (Å²) in [7, 11) is 0. The van der Waals surface area contributed by atoms with Gasteiger partial charge in [0.05, 0.1) is 23.6 Å². The van der Waals surface area contributed by atoms with E-state index < -0.39 is 11.8 Å². The predicted molar refractivity (Wildman–Crippen MR) is 93.7 cm³/mol. The maximum absolute atomic E-state index is 13.2. The van der Waals surface area contributed by atoms with E-state index in [2.05, 4.69) is 9.97 Å². The number of aryl methyl sites for hydroxylation is 1. The molecule has 3 rings (SSSR count). The number of carbonyl (C=O) groups excluding carboxylic acids is 1. The molecule has 0 saturated carbocycles. The van der Waals surface area contributed by atoms with Gasteiger partial charge in [0.1, 0.15) is 11.3 Å². The fraction of sp³-hybridized carbons (Fsp3) is 0.235. The lowest BCUT2D eigenvalue weighted by Gasteiger charge is -2.11. The number of aromatic nitrogens is 3. The van der Waals surface area contributed by atoms with Crippen LogP contribution in [-0.2, 0) is 9.53 Å². The third kappa shape index (κ3) is 3.58. The predicted octanol–water partition coefficient (Wildman–Crippen LogP) is 2.82. The zero-order valence-corrected chi connectivity index (χ0v) is 14.5. The van der Waals surface area contributed by atoms with E-state index in [0.717, 1.165) is 17.5 Å². The Kier molecular flexibility index (Phi) is 4.89. The number of nitrogens with zero attached hydrogens (tertiary/aromatic N) is 2. The van der Waals surface area contributed by atoms with Crippen molar-refractivity contribution >= 4 is 28.8 Å². The Morgan fingerprint density at radius 3 is 2.76 bits per heavy atom. The monoisotopic (exact) mass is 361 g/mol. The van der Waals surface area contributed by atoms with Crippen LogP contribution in [0.1, 0.15) is 12.6 Å². The molecule has 0 spiro atoms. The molecule has 2 heterocycles. The third-order valence-electron chi connectivity index (χ3n) is 3.47. The molecule has 1 aromatic carbocycles. The highest BCUT2D eigenvalue weighted by molar-refractivity contribution is 7.99. The van der Waals surface area contributed by atoms with Crippen LogP contribution in [0.4, 0.5) is 4.39 Å². The Bertz CT molecular complexity index is 979. The number of H-pyrrole nitrogens is 1. The SMILES string of the molecule is CCOC(=O)CSc1nc2cc(C)[nH]c2c(=O)n1-c1ccc(F)cc1. The molecule has 0 unspecified atom stereocenters. The van der Waals surface area contributed by atoms with Crippen molar-refractivity contribution in [3.05, 3.63) is 52.2 Å². The van der Waals surface area contributed by atoms with Crippen LogP contribution in [0.25, 0.3) is 16.7 Å². The van der Waals surface area contributed by atoms with Crippen LogP contribution in [0.5, 0.6) is 0 Å². The van der Waals surface area contributed by atoms with E-state index in [1.54, 1.807) is 13.0 Å². The van der Waals surface area contributed by atoms with Crippen molar-refractivity contribution in [1.29, 1.82) is 0 Å². The first-order valence-corrected chi connectivity index (χ1v) is 8.65. The summed E-state index contributed by atoms with van der Waals surface area (Å²) in [5.74, 6) is -0.767. The Morgan fingerprint density at radius 2 is 2.08 bits per heavy atom. The van der Waals surface area contributed by atoms with Crippen molar-refractivity contribution in [1.82, 2.24) is 14.5 Å². The maximum atomic E-state index is 13.2. The number of carbonyl (C=O) groups is 1. The van der Waals surface area contributed by atoms with Gasteiger partial charge >= 0.3 is 5.97 Å². The summed E-state index contributed by atoms with van der Waals surface area (Å²) in [6.45, 7) is 3.84. The number of nitrogens with one attached hydrogen (secondary N) is 1. The smallest absolute Gasteiger partial charge is 0.316 e. The van der Waals surface area contributed by atoms with Crippen LogP contribution >= 0.6 is 11.8 Å². The van der Waals surface area contributed by atoms with Crippen LogP contribution in [0, 0.1) is 12.7 Å². The largest absolute Gasteiger partial charge is 0.465 e. The molecule has 6 nitrogen and oxygen atoms in total. The lowest BCUT2D eigenvalue weighted by Crippen LogP contribution is -2.22. The zero-order valence-electron chi connectivity index (χ0n) is 13.7. The molecule has 0 bridgehead atoms. The highest BCUT2D eigenvalue weighted by atomic mass is 32.2. The van der Waals surface area contributed by atoms with E-state index in [9.17, 15) is 14.0 Å². The van der Waals surface area contributed by atoms with Crippen molar-refractivity contribution in [2.24, 2.45) is 0 Å². The number of esters is 1. The van der Waals surface area contributed by atoms with Crippen molar-refractivity contribution in [2.45, 2.75) is 19.0 Å². The number of hydrogen-bond acceptors (Lipinski definition) is 5. The number of fused-ring (bicyclic) bond motifs is 1. The molecule has 25 heavy (non-hydrogen) atoms. The zero-order chi connectivity index (χ0) is 18.0. The van der Waals surface area contributed by atoms with Gasteiger partial charge in [0, 0.05) is 5.69 Å². The first-order chi connectivity index (χ1) is 12.0. The second-order valence-electron chi connectivity index (χ2n) is 5.32. The van der Waals surface area contributed by atoms with Gasteiger partial charge in [0.25, 0.3) is 5.56 Å². The van der Waals surface area contributed by atoms with Crippen LogP contribution in [0.3, 0.4) is 0 Å². The highest BCUT2D eigenvalue weighted by Crippen LogP contribution is 2.22. The Labute approximate surface area is 147 Å². The van der Waals surface area contributed by atoms with Gasteiger partial charge in [-0.2, -0.15) is 0 Å². The van der Waals surface area contributed by atoms with Crippen molar-refractivity contribution in [3.8, 4) is 5.69 Å². The van der Waals surface area contributed by atoms with Gasteiger partial charge in [-0.25, -0.2) is 9.37 Å². The van der Waals surface area contributed by atoms with Crippen LogP contribution in [0.2, 0.25) is 0 Å². The molecule has 0 aliphatic carbocycles. The molecule has 3 aromatic rings. The normalized spacial score (nSPS) is 11.0. The summed E-state index contributed by atoms with van der Waals surface area (Å²) in [5.41, 5.74) is 1.85. The number of aromatic amines is 1. The van der Waals surface area contributed by atoms with Gasteiger partial charge in [-0.3, -0.25) is 14.2 Å². The average molecular weight is 361 g/mol. The van der Waals surface area contributed by atoms with Gasteiger partial charge in [-0.05, 0) is 44.2 Å². The number of rotatable bonds is 5. The highest BCUT2D eigenvalue weighted by Gasteiger charge is 2.16. The first kappa shape index (κ1) is 17.2. The summed E-state index contributed by atoms with van der Waals surface area (Å²) in [6, 6.07) is 7.29. The topological polar surface area (TPSA) is 77.0 Å². The molecule has 0 radical (unpaired) electrons. The van der Waals surface area contributed by atoms with Gasteiger partial charge in [0.2, 0.25) is 0 Å². The summed E-state index contributed by atoms with van der Waals surface area (Å²) in [4.78, 5) is 32.0. The summed E-state index contributed by atoms with van der Waals surface area (Å²) in [5, 5.41) is 0.344. The van der Waals surface area contributed by atoms with Gasteiger partial charge in [-0.1, -0.05) is 11.8 Å². The molecule has 2 aromatic heterocycles. The Morgan fingerprint density at radius 1 is 1.36 bits per heavy atom. The molecule has 0 saturated heterocycles. The molecular weight excluding hydrogens is 345 g/mol. The number of halogens is 1. The van der Waals surface area contributed by atoms with Crippen molar-refractivity contribution < 1.29 is 13.9 Å². The number of ether oxygens (including phenoxy) is 1.